The molecular formula is C13H17ClN4OS. The summed E-state index contributed by atoms with van der Waals surface area (Å²) in [6.45, 7) is 1.41. The number of benzene rings is 1. The second kappa shape index (κ2) is 7.52. The van der Waals surface area contributed by atoms with Crippen molar-refractivity contribution in [2.45, 2.75) is 11.4 Å². The van der Waals surface area contributed by atoms with E-state index in [0.29, 0.717) is 18.5 Å². The second-order valence-electron chi connectivity index (χ2n) is 4.47. The summed E-state index contributed by atoms with van der Waals surface area (Å²) in [5.74, 6) is 1.52. The molecule has 1 aromatic heterocycles. The molecule has 2 aromatic rings. The Hall–Kier alpha value is -1.24. The van der Waals surface area contributed by atoms with Gasteiger partial charge in [-0.05, 0) is 38.4 Å². The third kappa shape index (κ3) is 5.03. The maximum atomic E-state index is 5.84. The summed E-state index contributed by atoms with van der Waals surface area (Å²) in [5, 5.41) is 11.8. The van der Waals surface area contributed by atoms with Gasteiger partial charge in [0.05, 0.1) is 6.54 Å². The first-order valence-corrected chi connectivity index (χ1v) is 7.59. The molecule has 0 atom stereocenters. The van der Waals surface area contributed by atoms with Crippen LogP contribution in [0.2, 0.25) is 5.02 Å². The molecule has 0 aliphatic carbocycles. The van der Waals surface area contributed by atoms with Crippen LogP contribution in [-0.4, -0.2) is 41.5 Å². The Balaban J connectivity index is 1.70. The summed E-state index contributed by atoms with van der Waals surface area (Å²) in [7, 11) is 3.92. The van der Waals surface area contributed by atoms with Crippen LogP contribution in [0, 0.1) is 0 Å². The third-order valence-corrected chi connectivity index (χ3v) is 3.64. The van der Waals surface area contributed by atoms with Crippen molar-refractivity contribution in [2.24, 2.45) is 0 Å². The summed E-state index contributed by atoms with van der Waals surface area (Å²) in [6.07, 6.45) is 0. The normalized spacial score (nSPS) is 11.0. The zero-order valence-corrected chi connectivity index (χ0v) is 13.0. The van der Waals surface area contributed by atoms with Gasteiger partial charge in [-0.3, -0.25) is 0 Å². The van der Waals surface area contributed by atoms with Crippen LogP contribution in [0.4, 0.5) is 6.01 Å². The number of thioether (sulfide) groups is 1. The fourth-order valence-electron chi connectivity index (χ4n) is 1.52. The summed E-state index contributed by atoms with van der Waals surface area (Å²) < 4.78 is 5.46. The molecule has 0 fully saturated rings. The first-order valence-electron chi connectivity index (χ1n) is 6.23. The lowest BCUT2D eigenvalue weighted by atomic mass is 10.4. The van der Waals surface area contributed by atoms with Gasteiger partial charge in [0.1, 0.15) is 0 Å². The molecule has 0 radical (unpaired) electrons. The van der Waals surface area contributed by atoms with Gasteiger partial charge in [0, 0.05) is 22.2 Å². The minimum atomic E-state index is 0.471. The van der Waals surface area contributed by atoms with Crippen molar-refractivity contribution in [1.82, 2.24) is 15.1 Å². The molecule has 108 valence electrons. The number of nitrogens with zero attached hydrogens (tertiary/aromatic N) is 3. The van der Waals surface area contributed by atoms with Crippen molar-refractivity contribution in [2.75, 3.05) is 31.7 Å². The van der Waals surface area contributed by atoms with E-state index in [1.807, 2.05) is 43.3 Å². The molecule has 0 aliphatic heterocycles. The van der Waals surface area contributed by atoms with Crippen LogP contribution in [0.5, 0.6) is 0 Å². The zero-order chi connectivity index (χ0) is 14.4. The molecule has 1 aromatic carbocycles. The predicted molar refractivity (Wildman–Crippen MR) is 82.4 cm³/mol. The Kier molecular flexibility index (Phi) is 5.70. The van der Waals surface area contributed by atoms with Crippen LogP contribution in [-0.2, 0) is 6.54 Å². The molecule has 0 bridgehead atoms. The summed E-state index contributed by atoms with van der Waals surface area (Å²) in [5.41, 5.74) is 0. The minimum Gasteiger partial charge on any atom is -0.407 e. The van der Waals surface area contributed by atoms with Crippen molar-refractivity contribution >= 4 is 29.4 Å². The summed E-state index contributed by atoms with van der Waals surface area (Å²) >= 11 is 7.59. The highest BCUT2D eigenvalue weighted by molar-refractivity contribution is 7.99. The molecule has 0 aliphatic rings. The number of hydrogen-bond donors (Lipinski definition) is 1. The largest absolute Gasteiger partial charge is 0.407 e. The van der Waals surface area contributed by atoms with Gasteiger partial charge in [0.15, 0.2) is 0 Å². The highest BCUT2D eigenvalue weighted by Crippen LogP contribution is 2.20. The highest BCUT2D eigenvalue weighted by atomic mass is 35.5. The highest BCUT2D eigenvalue weighted by Gasteiger charge is 2.05. The number of nitrogens with one attached hydrogen (secondary N) is 1. The SMILES string of the molecule is CN(C)Cc1nnc(NCCSc2ccc(Cl)cc2)o1. The lowest BCUT2D eigenvalue weighted by Gasteiger charge is -2.04. The van der Waals surface area contributed by atoms with Crippen molar-refractivity contribution in [3.05, 3.63) is 35.2 Å². The summed E-state index contributed by atoms with van der Waals surface area (Å²) in [6, 6.07) is 8.27. The van der Waals surface area contributed by atoms with Gasteiger partial charge in [-0.1, -0.05) is 16.7 Å². The topological polar surface area (TPSA) is 54.2 Å². The lowest BCUT2D eigenvalue weighted by molar-refractivity contribution is 0.344. The minimum absolute atomic E-state index is 0.471. The molecule has 0 saturated heterocycles. The number of rotatable bonds is 7. The Labute approximate surface area is 127 Å². The average molecular weight is 313 g/mol. The fourth-order valence-corrected chi connectivity index (χ4v) is 2.41. The summed E-state index contributed by atoms with van der Waals surface area (Å²) in [4.78, 5) is 3.17. The van der Waals surface area contributed by atoms with E-state index in [1.54, 1.807) is 11.8 Å². The molecule has 1 heterocycles. The van der Waals surface area contributed by atoms with Gasteiger partial charge < -0.3 is 14.6 Å². The first kappa shape index (κ1) is 15.2. The Morgan fingerprint density at radius 1 is 1.25 bits per heavy atom. The van der Waals surface area contributed by atoms with E-state index < -0.39 is 0 Å². The zero-order valence-electron chi connectivity index (χ0n) is 11.5. The molecule has 20 heavy (non-hydrogen) atoms. The molecule has 1 N–H and O–H groups in total. The van der Waals surface area contributed by atoms with E-state index in [2.05, 4.69) is 15.5 Å². The quantitative estimate of drug-likeness (QED) is 0.626. The monoisotopic (exact) mass is 312 g/mol. The molecular weight excluding hydrogens is 296 g/mol. The fraction of sp³-hybridized carbons (Fsp3) is 0.385. The predicted octanol–water partition coefficient (Wildman–Crippen LogP) is 2.99. The van der Waals surface area contributed by atoms with Crippen molar-refractivity contribution in [1.29, 1.82) is 0 Å². The van der Waals surface area contributed by atoms with Crippen LogP contribution in [0.15, 0.2) is 33.6 Å². The molecule has 2 rings (SSSR count). The molecule has 0 unspecified atom stereocenters. The molecule has 0 spiro atoms. The Morgan fingerprint density at radius 3 is 2.70 bits per heavy atom. The first-order chi connectivity index (χ1) is 9.63. The molecule has 5 nitrogen and oxygen atoms in total. The second-order valence-corrected chi connectivity index (χ2v) is 6.07. The Morgan fingerprint density at radius 2 is 2.00 bits per heavy atom. The van der Waals surface area contributed by atoms with Crippen LogP contribution in [0.1, 0.15) is 5.89 Å². The van der Waals surface area contributed by atoms with Crippen LogP contribution < -0.4 is 5.32 Å². The van der Waals surface area contributed by atoms with E-state index in [-0.39, 0.29) is 0 Å². The Bertz CT molecular complexity index is 529. The number of halogens is 1. The number of anilines is 1. The average Bonchev–Trinajstić information content (AvgIpc) is 2.83. The van der Waals surface area contributed by atoms with Crippen molar-refractivity contribution in [3.63, 3.8) is 0 Å². The molecule has 0 saturated carbocycles. The van der Waals surface area contributed by atoms with Crippen LogP contribution in [0.3, 0.4) is 0 Å². The lowest BCUT2D eigenvalue weighted by Crippen LogP contribution is -2.10. The van der Waals surface area contributed by atoms with E-state index in [0.717, 1.165) is 17.3 Å². The van der Waals surface area contributed by atoms with Crippen LogP contribution in [0.25, 0.3) is 0 Å². The van der Waals surface area contributed by atoms with E-state index in [4.69, 9.17) is 16.0 Å². The van der Waals surface area contributed by atoms with Gasteiger partial charge >= 0.3 is 6.01 Å². The van der Waals surface area contributed by atoms with Crippen LogP contribution >= 0.6 is 23.4 Å². The maximum absolute atomic E-state index is 5.84. The van der Waals surface area contributed by atoms with Gasteiger partial charge in [-0.15, -0.1) is 16.9 Å². The van der Waals surface area contributed by atoms with Crippen molar-refractivity contribution in [3.8, 4) is 0 Å². The van der Waals surface area contributed by atoms with E-state index in [9.17, 15) is 0 Å². The maximum Gasteiger partial charge on any atom is 0.315 e. The number of aromatic nitrogens is 2. The smallest absolute Gasteiger partial charge is 0.315 e. The van der Waals surface area contributed by atoms with Crippen molar-refractivity contribution < 1.29 is 4.42 Å². The standard InChI is InChI=1S/C13H17ClN4OS/c1-18(2)9-12-16-17-13(19-12)15-7-8-20-11-5-3-10(14)4-6-11/h3-6H,7-9H2,1-2H3,(H,15,17). The van der Waals surface area contributed by atoms with E-state index in [1.165, 1.54) is 4.90 Å². The molecule has 0 amide bonds. The molecule has 7 heteroatoms. The van der Waals surface area contributed by atoms with Gasteiger partial charge in [-0.25, -0.2) is 0 Å². The third-order valence-electron chi connectivity index (χ3n) is 2.38. The van der Waals surface area contributed by atoms with Gasteiger partial charge in [0.25, 0.3) is 0 Å². The van der Waals surface area contributed by atoms with E-state index >= 15 is 0 Å². The van der Waals surface area contributed by atoms with Gasteiger partial charge in [-0.2, -0.15) is 0 Å². The number of hydrogen-bond acceptors (Lipinski definition) is 6. The van der Waals surface area contributed by atoms with Gasteiger partial charge in [0.2, 0.25) is 5.89 Å².